The molecule has 0 radical (unpaired) electrons. The van der Waals surface area contributed by atoms with E-state index in [4.69, 9.17) is 0 Å². The molecule has 1 saturated heterocycles. The fourth-order valence-electron chi connectivity index (χ4n) is 3.92. The summed E-state index contributed by atoms with van der Waals surface area (Å²) in [5, 5.41) is 11.2. The number of nitro groups is 1. The van der Waals surface area contributed by atoms with E-state index in [0.29, 0.717) is 0 Å². The largest absolute Gasteiger partial charge is 0.339 e. The van der Waals surface area contributed by atoms with E-state index in [-0.39, 0.29) is 37.0 Å². The lowest BCUT2D eigenvalue weighted by molar-refractivity contribution is -0.387. The fraction of sp³-hybridized carbons (Fsp3) is 0.350. The van der Waals surface area contributed by atoms with Crippen LogP contribution in [0.5, 0.6) is 0 Å². The second-order valence-corrected chi connectivity index (χ2v) is 10.3. The Labute approximate surface area is 182 Å². The van der Waals surface area contributed by atoms with Gasteiger partial charge in [-0.2, -0.15) is 4.31 Å². The molecule has 0 spiro atoms. The van der Waals surface area contributed by atoms with Crippen molar-refractivity contribution in [2.75, 3.05) is 26.2 Å². The summed E-state index contributed by atoms with van der Waals surface area (Å²) < 4.78 is 28.1. The summed E-state index contributed by atoms with van der Waals surface area (Å²) in [5.41, 5.74) is 0.0220. The van der Waals surface area contributed by atoms with Gasteiger partial charge in [-0.25, -0.2) is 8.42 Å². The molecule has 30 heavy (non-hydrogen) atoms. The van der Waals surface area contributed by atoms with Crippen molar-refractivity contribution in [3.63, 3.8) is 0 Å². The van der Waals surface area contributed by atoms with Gasteiger partial charge in [0.2, 0.25) is 15.9 Å². The molecule has 0 aromatic heterocycles. The monoisotopic (exact) mass is 493 g/mol. The van der Waals surface area contributed by atoms with E-state index in [1.165, 1.54) is 28.6 Å². The van der Waals surface area contributed by atoms with E-state index in [0.717, 1.165) is 22.9 Å². The molecule has 1 aliphatic heterocycles. The van der Waals surface area contributed by atoms with Crippen molar-refractivity contribution in [2.45, 2.75) is 23.2 Å². The van der Waals surface area contributed by atoms with E-state index >= 15 is 0 Å². The first-order valence-corrected chi connectivity index (χ1v) is 11.8. The molecule has 2 aromatic rings. The molecular weight excluding hydrogens is 474 g/mol. The van der Waals surface area contributed by atoms with Crippen molar-refractivity contribution in [3.05, 3.63) is 68.7 Å². The number of carbonyl (C=O) groups excluding carboxylic acids is 1. The summed E-state index contributed by atoms with van der Waals surface area (Å²) in [5.74, 6) is 0.0209. The highest BCUT2D eigenvalue weighted by molar-refractivity contribution is 9.10. The number of carbonyl (C=O) groups is 1. The van der Waals surface area contributed by atoms with Crippen molar-refractivity contribution < 1.29 is 18.1 Å². The van der Waals surface area contributed by atoms with Gasteiger partial charge in [-0.15, -0.1) is 0 Å². The Bertz CT molecular complexity index is 1090. The number of benzene rings is 2. The molecule has 2 aliphatic rings. The average molecular weight is 494 g/mol. The zero-order valence-corrected chi connectivity index (χ0v) is 18.4. The predicted molar refractivity (Wildman–Crippen MR) is 113 cm³/mol. The minimum Gasteiger partial charge on any atom is -0.339 e. The van der Waals surface area contributed by atoms with Crippen molar-refractivity contribution in [2.24, 2.45) is 0 Å². The predicted octanol–water partition coefficient (Wildman–Crippen LogP) is 2.92. The third-order valence-electron chi connectivity index (χ3n) is 5.76. The molecule has 4 rings (SSSR count). The lowest BCUT2D eigenvalue weighted by Crippen LogP contribution is -2.52. The highest BCUT2D eigenvalue weighted by atomic mass is 79.9. The first-order chi connectivity index (χ1) is 14.3. The summed E-state index contributed by atoms with van der Waals surface area (Å²) in [6, 6.07) is 13.1. The Kier molecular flexibility index (Phi) is 5.41. The molecule has 2 fully saturated rings. The van der Waals surface area contributed by atoms with Crippen LogP contribution in [0.3, 0.4) is 0 Å². The van der Waals surface area contributed by atoms with Crippen LogP contribution in [0.25, 0.3) is 0 Å². The maximum absolute atomic E-state index is 13.2. The summed E-state index contributed by atoms with van der Waals surface area (Å²) in [4.78, 5) is 25.1. The SMILES string of the molecule is O=C(N1CCN(S(=O)(=O)c2ccccc2[N+](=O)[O-])CC1)C1(c2ccc(Br)cc2)CC1. The molecule has 8 nitrogen and oxygen atoms in total. The van der Waals surface area contributed by atoms with Crippen LogP contribution in [-0.2, 0) is 20.2 Å². The minimum atomic E-state index is -4.02. The normalized spacial score (nSPS) is 18.8. The van der Waals surface area contributed by atoms with Gasteiger partial charge >= 0.3 is 0 Å². The van der Waals surface area contributed by atoms with Crippen molar-refractivity contribution in [1.29, 1.82) is 0 Å². The lowest BCUT2D eigenvalue weighted by atomic mass is 9.94. The molecule has 2 aromatic carbocycles. The van der Waals surface area contributed by atoms with Crippen LogP contribution in [0.4, 0.5) is 5.69 Å². The van der Waals surface area contributed by atoms with E-state index < -0.39 is 26.0 Å². The van der Waals surface area contributed by atoms with Crippen molar-refractivity contribution in [3.8, 4) is 0 Å². The molecule has 1 saturated carbocycles. The van der Waals surface area contributed by atoms with Crippen molar-refractivity contribution >= 4 is 37.5 Å². The molecular formula is C20H20BrN3O5S. The molecule has 1 heterocycles. The Morgan fingerprint density at radius 1 is 1.00 bits per heavy atom. The zero-order valence-electron chi connectivity index (χ0n) is 16.0. The Hall–Kier alpha value is -2.30. The minimum absolute atomic E-state index is 0.0209. The molecule has 1 aliphatic carbocycles. The zero-order chi connectivity index (χ0) is 21.5. The third kappa shape index (κ3) is 3.63. The topological polar surface area (TPSA) is 101 Å². The second kappa shape index (κ2) is 7.75. The second-order valence-electron chi connectivity index (χ2n) is 7.51. The van der Waals surface area contributed by atoms with Gasteiger partial charge in [0.25, 0.3) is 5.69 Å². The first-order valence-electron chi connectivity index (χ1n) is 9.55. The molecule has 0 atom stereocenters. The van der Waals surface area contributed by atoms with Crippen LogP contribution < -0.4 is 0 Å². The van der Waals surface area contributed by atoms with Crippen LogP contribution in [0.1, 0.15) is 18.4 Å². The summed E-state index contributed by atoms with van der Waals surface area (Å²) in [6.45, 7) is 0.737. The lowest BCUT2D eigenvalue weighted by Gasteiger charge is -2.36. The highest BCUT2D eigenvalue weighted by Crippen LogP contribution is 2.50. The van der Waals surface area contributed by atoms with Gasteiger partial charge in [0.1, 0.15) is 0 Å². The Balaban J connectivity index is 1.48. The highest BCUT2D eigenvalue weighted by Gasteiger charge is 2.53. The van der Waals surface area contributed by atoms with Crippen LogP contribution in [-0.4, -0.2) is 54.6 Å². The van der Waals surface area contributed by atoms with Crippen LogP contribution >= 0.6 is 15.9 Å². The summed E-state index contributed by atoms with van der Waals surface area (Å²) in [7, 11) is -4.02. The standard InChI is InChI=1S/C20H20BrN3O5S/c21-16-7-5-15(6-8-16)20(9-10-20)19(25)22-11-13-23(14-12-22)30(28,29)18-4-2-1-3-17(18)24(26)27/h1-8H,9-14H2. The quantitative estimate of drug-likeness (QED) is 0.470. The van der Waals surface area contributed by atoms with Gasteiger partial charge in [0.15, 0.2) is 4.90 Å². The molecule has 0 bridgehead atoms. The van der Waals surface area contributed by atoms with Crippen LogP contribution in [0.2, 0.25) is 0 Å². The molecule has 0 unspecified atom stereocenters. The van der Waals surface area contributed by atoms with E-state index in [1.54, 1.807) is 4.90 Å². The molecule has 1 amide bonds. The first kappa shape index (κ1) is 21.0. The van der Waals surface area contributed by atoms with Gasteiger partial charge in [-0.05, 0) is 36.6 Å². The molecule has 10 heteroatoms. The van der Waals surface area contributed by atoms with Crippen molar-refractivity contribution in [1.82, 2.24) is 9.21 Å². The smallest absolute Gasteiger partial charge is 0.289 e. The van der Waals surface area contributed by atoms with E-state index in [9.17, 15) is 23.3 Å². The number of piperazine rings is 1. The Morgan fingerprint density at radius 3 is 2.17 bits per heavy atom. The van der Waals surface area contributed by atoms with Gasteiger partial charge in [0, 0.05) is 36.7 Å². The number of nitrogens with zero attached hydrogens (tertiary/aromatic N) is 3. The van der Waals surface area contributed by atoms with Gasteiger partial charge in [0.05, 0.1) is 10.3 Å². The number of hydrogen-bond acceptors (Lipinski definition) is 5. The number of hydrogen-bond donors (Lipinski definition) is 0. The number of halogens is 1. The number of rotatable bonds is 5. The maximum Gasteiger partial charge on any atom is 0.289 e. The number of sulfonamides is 1. The van der Waals surface area contributed by atoms with E-state index in [2.05, 4.69) is 15.9 Å². The van der Waals surface area contributed by atoms with Gasteiger partial charge in [-0.3, -0.25) is 14.9 Å². The van der Waals surface area contributed by atoms with Gasteiger partial charge < -0.3 is 4.90 Å². The summed E-state index contributed by atoms with van der Waals surface area (Å²) in [6.07, 6.45) is 1.56. The molecule has 158 valence electrons. The number of para-hydroxylation sites is 1. The third-order valence-corrected chi connectivity index (χ3v) is 8.24. The average Bonchev–Trinajstić information content (AvgIpc) is 3.56. The number of nitro benzene ring substituents is 1. The van der Waals surface area contributed by atoms with Crippen LogP contribution in [0, 0.1) is 10.1 Å². The maximum atomic E-state index is 13.2. The van der Waals surface area contributed by atoms with Crippen LogP contribution in [0.15, 0.2) is 57.9 Å². The summed E-state index contributed by atoms with van der Waals surface area (Å²) >= 11 is 3.40. The van der Waals surface area contributed by atoms with Gasteiger partial charge in [-0.1, -0.05) is 40.2 Å². The molecule has 0 N–H and O–H groups in total. The van der Waals surface area contributed by atoms with E-state index in [1.807, 2.05) is 24.3 Å². The fourth-order valence-corrected chi connectivity index (χ4v) is 5.76. The number of amides is 1. The Morgan fingerprint density at radius 2 is 1.60 bits per heavy atom.